The van der Waals surface area contributed by atoms with E-state index in [1.165, 1.54) is 0 Å². The molecular formula is C5H14NOP. The van der Waals surface area contributed by atoms with Crippen molar-refractivity contribution in [3.63, 3.8) is 0 Å². The first-order valence-corrected chi connectivity index (χ1v) is 3.59. The van der Waals surface area contributed by atoms with Crippen LogP contribution in [0.4, 0.5) is 0 Å². The molecule has 2 atom stereocenters. The highest BCUT2D eigenvalue weighted by atomic mass is 31.0. The molecule has 0 aliphatic carbocycles. The summed E-state index contributed by atoms with van der Waals surface area (Å²) in [5.74, 6) is 0. The van der Waals surface area contributed by atoms with Crippen LogP contribution in [0.5, 0.6) is 0 Å². The first-order chi connectivity index (χ1) is 3.81. The molecule has 0 amide bonds. The van der Waals surface area contributed by atoms with Gasteiger partial charge < -0.3 is 4.74 Å². The summed E-state index contributed by atoms with van der Waals surface area (Å²) in [4.78, 5) is 0. The van der Waals surface area contributed by atoms with E-state index in [1.807, 2.05) is 6.92 Å². The molecule has 3 heteroatoms. The largest absolute Gasteiger partial charge is 0.367 e. The highest BCUT2D eigenvalue weighted by molar-refractivity contribution is 7.16. The fourth-order valence-corrected chi connectivity index (χ4v) is 0.537. The lowest BCUT2D eigenvalue weighted by Crippen LogP contribution is -2.28. The summed E-state index contributed by atoms with van der Waals surface area (Å²) in [5.41, 5.74) is 0. The van der Waals surface area contributed by atoms with E-state index in [2.05, 4.69) is 14.6 Å². The van der Waals surface area contributed by atoms with Crippen molar-refractivity contribution in [2.45, 2.75) is 13.2 Å². The van der Waals surface area contributed by atoms with Gasteiger partial charge in [-0.3, -0.25) is 5.32 Å². The smallest absolute Gasteiger partial charge is 0.104 e. The van der Waals surface area contributed by atoms with E-state index in [0.29, 0.717) is 0 Å². The third-order valence-corrected chi connectivity index (χ3v) is 1.22. The second kappa shape index (κ2) is 5.49. The minimum absolute atomic E-state index is 0.190. The molecule has 0 heterocycles. The fourth-order valence-electron chi connectivity index (χ4n) is 0.370. The monoisotopic (exact) mass is 135 g/mol. The van der Waals surface area contributed by atoms with Crippen LogP contribution in [0.2, 0.25) is 0 Å². The molecule has 0 spiro atoms. The molecule has 0 radical (unpaired) electrons. The van der Waals surface area contributed by atoms with E-state index in [9.17, 15) is 0 Å². The van der Waals surface area contributed by atoms with Gasteiger partial charge in [-0.15, -0.1) is 9.24 Å². The van der Waals surface area contributed by atoms with Crippen LogP contribution < -0.4 is 5.32 Å². The van der Waals surface area contributed by atoms with Gasteiger partial charge in [0.2, 0.25) is 0 Å². The molecule has 0 rings (SSSR count). The van der Waals surface area contributed by atoms with E-state index in [4.69, 9.17) is 4.74 Å². The Bertz CT molecular complexity index is 51.7. The minimum Gasteiger partial charge on any atom is -0.367 e. The standard InChI is InChI=1S/C5H14NOP/c1-5(7-2)6-3-4-8/h5-6H,3-4,8H2,1-2H3. The van der Waals surface area contributed by atoms with Gasteiger partial charge in [-0.25, -0.2) is 0 Å². The Morgan fingerprint density at radius 3 is 2.75 bits per heavy atom. The van der Waals surface area contributed by atoms with Crippen LogP contribution in [0.3, 0.4) is 0 Å². The van der Waals surface area contributed by atoms with Crippen molar-refractivity contribution in [1.29, 1.82) is 0 Å². The van der Waals surface area contributed by atoms with Gasteiger partial charge in [0.05, 0.1) is 0 Å². The van der Waals surface area contributed by atoms with Gasteiger partial charge >= 0.3 is 0 Å². The molecular weight excluding hydrogens is 121 g/mol. The predicted octanol–water partition coefficient (Wildman–Crippen LogP) is 0.443. The maximum atomic E-state index is 4.93. The molecule has 8 heavy (non-hydrogen) atoms. The zero-order chi connectivity index (χ0) is 6.41. The van der Waals surface area contributed by atoms with Crippen molar-refractivity contribution in [2.75, 3.05) is 19.8 Å². The molecule has 0 bridgehead atoms. The summed E-state index contributed by atoms with van der Waals surface area (Å²) in [7, 11) is 4.34. The van der Waals surface area contributed by atoms with Gasteiger partial charge in [0, 0.05) is 13.7 Å². The third-order valence-electron chi connectivity index (χ3n) is 0.930. The Kier molecular flexibility index (Phi) is 5.73. The van der Waals surface area contributed by atoms with E-state index in [0.717, 1.165) is 12.7 Å². The van der Waals surface area contributed by atoms with Crippen molar-refractivity contribution in [2.24, 2.45) is 0 Å². The first-order valence-electron chi connectivity index (χ1n) is 2.77. The average molecular weight is 135 g/mol. The lowest BCUT2D eigenvalue weighted by Gasteiger charge is -2.09. The van der Waals surface area contributed by atoms with Crippen molar-refractivity contribution in [3.8, 4) is 0 Å². The average Bonchev–Trinajstić information content (AvgIpc) is 1.83. The quantitative estimate of drug-likeness (QED) is 0.446. The predicted molar refractivity (Wildman–Crippen MR) is 39.1 cm³/mol. The van der Waals surface area contributed by atoms with Crippen LogP contribution in [0.15, 0.2) is 0 Å². The second-order valence-corrected chi connectivity index (χ2v) is 2.20. The molecule has 0 saturated carbocycles. The summed E-state index contributed by atoms with van der Waals surface area (Å²) >= 11 is 0. The van der Waals surface area contributed by atoms with Crippen LogP contribution in [0.25, 0.3) is 0 Å². The Morgan fingerprint density at radius 1 is 1.75 bits per heavy atom. The molecule has 0 saturated heterocycles. The van der Waals surface area contributed by atoms with E-state index < -0.39 is 0 Å². The van der Waals surface area contributed by atoms with E-state index in [-0.39, 0.29) is 6.23 Å². The van der Waals surface area contributed by atoms with Crippen molar-refractivity contribution < 1.29 is 4.74 Å². The molecule has 0 aromatic heterocycles. The third kappa shape index (κ3) is 4.51. The van der Waals surface area contributed by atoms with Crippen LogP contribution in [0.1, 0.15) is 6.92 Å². The van der Waals surface area contributed by atoms with Gasteiger partial charge in [-0.1, -0.05) is 0 Å². The Morgan fingerprint density at radius 2 is 2.38 bits per heavy atom. The molecule has 0 aromatic carbocycles. The number of hydrogen-bond donors (Lipinski definition) is 1. The second-order valence-electron chi connectivity index (χ2n) is 1.62. The van der Waals surface area contributed by atoms with Crippen LogP contribution in [0, 0.1) is 0 Å². The number of ether oxygens (including phenoxy) is 1. The highest BCUT2D eigenvalue weighted by Crippen LogP contribution is 1.81. The van der Waals surface area contributed by atoms with Crippen molar-refractivity contribution in [1.82, 2.24) is 5.32 Å². The summed E-state index contributed by atoms with van der Waals surface area (Å²) in [5, 5.41) is 3.14. The number of hydrogen-bond acceptors (Lipinski definition) is 2. The first kappa shape index (κ1) is 8.35. The Balaban J connectivity index is 2.86. The minimum atomic E-state index is 0.190. The number of rotatable bonds is 4. The maximum Gasteiger partial charge on any atom is 0.104 e. The number of methoxy groups -OCH3 is 1. The lowest BCUT2D eigenvalue weighted by molar-refractivity contribution is 0.0915. The molecule has 0 fully saturated rings. The lowest BCUT2D eigenvalue weighted by atomic mass is 10.6. The van der Waals surface area contributed by atoms with E-state index in [1.54, 1.807) is 7.11 Å². The van der Waals surface area contributed by atoms with Gasteiger partial charge in [0.15, 0.2) is 0 Å². The zero-order valence-corrected chi connectivity index (χ0v) is 6.63. The SMILES string of the molecule is COC(C)NCCP. The summed E-state index contributed by atoms with van der Waals surface area (Å²) < 4.78 is 4.93. The van der Waals surface area contributed by atoms with Gasteiger partial charge in [0.25, 0.3) is 0 Å². The molecule has 2 unspecified atom stereocenters. The summed E-state index contributed by atoms with van der Waals surface area (Å²) in [6, 6.07) is 0. The van der Waals surface area contributed by atoms with Gasteiger partial charge in [0.1, 0.15) is 6.23 Å². The Hall–Kier alpha value is 0.350. The van der Waals surface area contributed by atoms with Crippen molar-refractivity contribution >= 4 is 9.24 Å². The molecule has 0 aliphatic rings. The molecule has 2 nitrogen and oxygen atoms in total. The maximum absolute atomic E-state index is 4.93. The summed E-state index contributed by atoms with van der Waals surface area (Å²) in [6.45, 7) is 2.99. The van der Waals surface area contributed by atoms with Crippen LogP contribution in [-0.4, -0.2) is 26.0 Å². The molecule has 50 valence electrons. The fraction of sp³-hybridized carbons (Fsp3) is 1.00. The van der Waals surface area contributed by atoms with Crippen LogP contribution >= 0.6 is 9.24 Å². The molecule has 0 aromatic rings. The Labute approximate surface area is 53.2 Å². The zero-order valence-electron chi connectivity index (χ0n) is 5.48. The van der Waals surface area contributed by atoms with Gasteiger partial charge in [-0.2, -0.15) is 0 Å². The van der Waals surface area contributed by atoms with Crippen LogP contribution in [-0.2, 0) is 4.74 Å². The molecule has 1 N–H and O–H groups in total. The van der Waals surface area contributed by atoms with Crippen molar-refractivity contribution in [3.05, 3.63) is 0 Å². The van der Waals surface area contributed by atoms with E-state index >= 15 is 0 Å². The number of nitrogens with one attached hydrogen (secondary N) is 1. The summed E-state index contributed by atoms with van der Waals surface area (Å²) in [6.07, 6.45) is 1.27. The highest BCUT2D eigenvalue weighted by Gasteiger charge is 1.92. The van der Waals surface area contributed by atoms with Gasteiger partial charge in [-0.05, 0) is 13.1 Å². The molecule has 0 aliphatic heterocycles. The normalized spacial score (nSPS) is 13.9. The topological polar surface area (TPSA) is 21.3 Å².